The van der Waals surface area contributed by atoms with E-state index >= 15 is 0 Å². The summed E-state index contributed by atoms with van der Waals surface area (Å²) < 4.78 is 27.3. The second kappa shape index (κ2) is 9.66. The molecule has 1 atom stereocenters. The number of nitrogens with zero attached hydrogens (tertiary/aromatic N) is 1. The monoisotopic (exact) mass is 429 g/mol. The van der Waals surface area contributed by atoms with Gasteiger partial charge in [-0.15, -0.1) is 23.7 Å². The Morgan fingerprint density at radius 1 is 1.26 bits per heavy atom. The maximum atomic E-state index is 12.6. The minimum Gasteiger partial charge on any atom is -0.338 e. The Morgan fingerprint density at radius 2 is 2.00 bits per heavy atom. The van der Waals surface area contributed by atoms with E-state index in [0.717, 1.165) is 30.9 Å². The minimum absolute atomic E-state index is 0. The van der Waals surface area contributed by atoms with Crippen molar-refractivity contribution in [2.24, 2.45) is 5.92 Å². The molecular formula is C18H24ClN3O3S2. The normalized spacial score (nSPS) is 16.9. The average Bonchev–Trinajstić information content (AvgIpc) is 3.32. The van der Waals surface area contributed by atoms with Gasteiger partial charge < -0.3 is 10.2 Å². The zero-order valence-corrected chi connectivity index (χ0v) is 17.5. The first kappa shape index (κ1) is 21.8. The van der Waals surface area contributed by atoms with E-state index in [1.807, 2.05) is 29.5 Å². The molecule has 1 aromatic heterocycles. The zero-order valence-electron chi connectivity index (χ0n) is 15.1. The van der Waals surface area contributed by atoms with Gasteiger partial charge in [0.2, 0.25) is 10.0 Å². The summed E-state index contributed by atoms with van der Waals surface area (Å²) in [6, 6.07) is 9.93. The SMILES string of the molecule is CNCC1CCN(C(=O)c2ccc(S(=O)(=O)NCc3cccs3)cc2)C1.Cl. The maximum absolute atomic E-state index is 12.6. The Labute approximate surface area is 170 Å². The maximum Gasteiger partial charge on any atom is 0.253 e. The molecule has 1 aromatic carbocycles. The van der Waals surface area contributed by atoms with Gasteiger partial charge >= 0.3 is 0 Å². The van der Waals surface area contributed by atoms with E-state index in [9.17, 15) is 13.2 Å². The van der Waals surface area contributed by atoms with Gasteiger partial charge in [-0.3, -0.25) is 4.79 Å². The molecule has 1 aliphatic heterocycles. The van der Waals surface area contributed by atoms with Crippen LogP contribution in [0.5, 0.6) is 0 Å². The summed E-state index contributed by atoms with van der Waals surface area (Å²) in [5.41, 5.74) is 0.521. The van der Waals surface area contributed by atoms with Crippen LogP contribution in [-0.2, 0) is 16.6 Å². The van der Waals surface area contributed by atoms with Crippen molar-refractivity contribution in [3.8, 4) is 0 Å². The lowest BCUT2D eigenvalue weighted by atomic mass is 10.1. The number of carbonyl (C=O) groups is 1. The molecule has 0 aliphatic carbocycles. The Morgan fingerprint density at radius 3 is 2.63 bits per heavy atom. The van der Waals surface area contributed by atoms with Crippen molar-refractivity contribution in [3.05, 3.63) is 52.2 Å². The van der Waals surface area contributed by atoms with Crippen LogP contribution in [0.15, 0.2) is 46.7 Å². The number of benzene rings is 1. The fraction of sp³-hybridized carbons (Fsp3) is 0.389. The van der Waals surface area contributed by atoms with Crippen molar-refractivity contribution < 1.29 is 13.2 Å². The number of sulfonamides is 1. The van der Waals surface area contributed by atoms with E-state index in [1.54, 1.807) is 12.1 Å². The van der Waals surface area contributed by atoms with E-state index in [2.05, 4.69) is 10.0 Å². The number of thiophene rings is 1. The first-order chi connectivity index (χ1) is 12.5. The van der Waals surface area contributed by atoms with Gasteiger partial charge in [0.1, 0.15) is 0 Å². The number of nitrogens with one attached hydrogen (secondary N) is 2. The second-order valence-corrected chi connectivity index (χ2v) is 9.19. The summed E-state index contributed by atoms with van der Waals surface area (Å²) in [7, 11) is -1.68. The van der Waals surface area contributed by atoms with Gasteiger partial charge in [-0.2, -0.15) is 0 Å². The Bertz CT molecular complexity index is 839. The van der Waals surface area contributed by atoms with E-state index < -0.39 is 10.0 Å². The Hall–Kier alpha value is -1.45. The number of halogens is 1. The smallest absolute Gasteiger partial charge is 0.253 e. The molecule has 148 valence electrons. The summed E-state index contributed by atoms with van der Waals surface area (Å²) in [5.74, 6) is 0.434. The predicted molar refractivity (Wildman–Crippen MR) is 110 cm³/mol. The van der Waals surface area contributed by atoms with Crippen molar-refractivity contribution in [3.63, 3.8) is 0 Å². The lowest BCUT2D eigenvalue weighted by Gasteiger charge is -2.17. The topological polar surface area (TPSA) is 78.5 Å². The molecule has 2 aromatic rings. The lowest BCUT2D eigenvalue weighted by molar-refractivity contribution is 0.0787. The zero-order chi connectivity index (χ0) is 18.6. The lowest BCUT2D eigenvalue weighted by Crippen LogP contribution is -2.30. The Kier molecular flexibility index (Phi) is 7.81. The van der Waals surface area contributed by atoms with Crippen molar-refractivity contribution in [2.45, 2.75) is 17.9 Å². The van der Waals surface area contributed by atoms with Gasteiger partial charge in [0.05, 0.1) is 4.90 Å². The summed E-state index contributed by atoms with van der Waals surface area (Å²) in [4.78, 5) is 15.5. The van der Waals surface area contributed by atoms with Gasteiger partial charge in [-0.05, 0) is 61.6 Å². The van der Waals surface area contributed by atoms with E-state index in [4.69, 9.17) is 0 Å². The van der Waals surface area contributed by atoms with Crippen LogP contribution in [0.3, 0.4) is 0 Å². The number of likely N-dealkylation sites (tertiary alicyclic amines) is 1. The summed E-state index contributed by atoms with van der Waals surface area (Å²) >= 11 is 1.50. The van der Waals surface area contributed by atoms with Gasteiger partial charge in [-0.1, -0.05) is 6.07 Å². The standard InChI is InChI=1S/C18H23N3O3S2.ClH/c1-19-11-14-8-9-21(13-14)18(22)15-4-6-17(7-5-15)26(23,24)20-12-16-3-2-10-25-16;/h2-7,10,14,19-20H,8-9,11-13H2,1H3;1H. The van der Waals surface area contributed by atoms with Crippen LogP contribution in [0, 0.1) is 5.92 Å². The highest BCUT2D eigenvalue weighted by Gasteiger charge is 2.26. The summed E-state index contributed by atoms with van der Waals surface area (Å²) in [6.07, 6.45) is 0.992. The molecule has 2 N–H and O–H groups in total. The number of amides is 1. The molecule has 1 saturated heterocycles. The fourth-order valence-electron chi connectivity index (χ4n) is 3.09. The average molecular weight is 430 g/mol. The number of carbonyl (C=O) groups excluding carboxylic acids is 1. The third kappa shape index (κ3) is 5.52. The molecule has 27 heavy (non-hydrogen) atoms. The van der Waals surface area contributed by atoms with Gasteiger partial charge in [0.15, 0.2) is 0 Å². The highest BCUT2D eigenvalue weighted by Crippen LogP contribution is 2.19. The third-order valence-corrected chi connectivity index (χ3v) is 6.79. The molecule has 3 rings (SSSR count). The third-order valence-electron chi connectivity index (χ3n) is 4.49. The molecule has 0 spiro atoms. The molecule has 1 fully saturated rings. The fourth-order valence-corrected chi connectivity index (χ4v) is 4.84. The molecule has 9 heteroatoms. The highest BCUT2D eigenvalue weighted by molar-refractivity contribution is 7.89. The van der Waals surface area contributed by atoms with Crippen LogP contribution in [0.1, 0.15) is 21.7 Å². The van der Waals surface area contributed by atoms with Gasteiger partial charge in [0.25, 0.3) is 5.91 Å². The van der Waals surface area contributed by atoms with Crippen LogP contribution >= 0.6 is 23.7 Å². The van der Waals surface area contributed by atoms with Crippen molar-refractivity contribution in [1.29, 1.82) is 0 Å². The number of hydrogen-bond donors (Lipinski definition) is 2. The molecule has 2 heterocycles. The van der Waals surface area contributed by atoms with Crippen LogP contribution < -0.4 is 10.0 Å². The number of hydrogen-bond acceptors (Lipinski definition) is 5. The van der Waals surface area contributed by atoms with Crippen LogP contribution in [0.2, 0.25) is 0 Å². The first-order valence-electron chi connectivity index (χ1n) is 8.55. The molecule has 0 radical (unpaired) electrons. The van der Waals surface area contributed by atoms with E-state index in [0.29, 0.717) is 11.5 Å². The molecule has 1 amide bonds. The van der Waals surface area contributed by atoms with Crippen LogP contribution in [-0.4, -0.2) is 45.9 Å². The molecule has 0 bridgehead atoms. The molecule has 0 saturated carbocycles. The quantitative estimate of drug-likeness (QED) is 0.708. The second-order valence-electron chi connectivity index (χ2n) is 6.39. The van der Waals surface area contributed by atoms with E-state index in [-0.39, 0.29) is 29.8 Å². The minimum atomic E-state index is -3.59. The van der Waals surface area contributed by atoms with Gasteiger partial charge in [0, 0.05) is 30.1 Å². The molecule has 1 unspecified atom stereocenters. The molecule has 1 aliphatic rings. The Balaban J connectivity index is 0.00000261. The van der Waals surface area contributed by atoms with Gasteiger partial charge in [-0.25, -0.2) is 13.1 Å². The van der Waals surface area contributed by atoms with Crippen molar-refractivity contribution in [1.82, 2.24) is 14.9 Å². The number of rotatable bonds is 7. The predicted octanol–water partition coefficient (Wildman–Crippen LogP) is 2.33. The van der Waals surface area contributed by atoms with E-state index in [1.165, 1.54) is 23.5 Å². The summed E-state index contributed by atoms with van der Waals surface area (Å²) in [5, 5.41) is 5.05. The van der Waals surface area contributed by atoms with Crippen molar-refractivity contribution >= 4 is 39.7 Å². The molecule has 6 nitrogen and oxygen atoms in total. The summed E-state index contributed by atoms with van der Waals surface area (Å²) in [6.45, 7) is 2.65. The van der Waals surface area contributed by atoms with Crippen molar-refractivity contribution in [2.75, 3.05) is 26.7 Å². The largest absolute Gasteiger partial charge is 0.338 e. The van der Waals surface area contributed by atoms with Crippen LogP contribution in [0.4, 0.5) is 0 Å². The van der Waals surface area contributed by atoms with Crippen LogP contribution in [0.25, 0.3) is 0 Å². The highest BCUT2D eigenvalue weighted by atomic mass is 35.5. The molecular weight excluding hydrogens is 406 g/mol. The first-order valence-corrected chi connectivity index (χ1v) is 10.9.